The van der Waals surface area contributed by atoms with Crippen molar-refractivity contribution in [1.29, 1.82) is 0 Å². The van der Waals surface area contributed by atoms with Gasteiger partial charge in [-0.3, -0.25) is 0 Å². The van der Waals surface area contributed by atoms with E-state index < -0.39 is 0 Å². The number of nitrogens with zero attached hydrogens (tertiary/aromatic N) is 2. The van der Waals surface area contributed by atoms with Crippen LogP contribution in [0.2, 0.25) is 0 Å². The van der Waals surface area contributed by atoms with Crippen LogP contribution in [-0.4, -0.2) is 22.8 Å². The normalized spacial score (nSPS) is 17.4. The molecule has 1 aliphatic rings. The van der Waals surface area contributed by atoms with E-state index >= 15 is 0 Å². The predicted octanol–water partition coefficient (Wildman–Crippen LogP) is 2.55. The first kappa shape index (κ1) is 13.3. The van der Waals surface area contributed by atoms with Crippen molar-refractivity contribution >= 4 is 11.3 Å². The van der Waals surface area contributed by atoms with Crippen LogP contribution in [0.3, 0.4) is 0 Å². The minimum atomic E-state index is -0.171. The van der Waals surface area contributed by atoms with Crippen molar-refractivity contribution in [3.05, 3.63) is 34.3 Å². The number of fused-ring (bicyclic) bond motifs is 1. The molecule has 1 aliphatic heterocycles. The molecule has 1 unspecified atom stereocenters. The van der Waals surface area contributed by atoms with Gasteiger partial charge in [-0.1, -0.05) is 37.3 Å². The molecule has 1 atom stereocenters. The first-order valence-electron chi connectivity index (χ1n) is 6.66. The van der Waals surface area contributed by atoms with E-state index in [0.717, 1.165) is 28.1 Å². The Kier molecular flexibility index (Phi) is 3.84. The summed E-state index contributed by atoms with van der Waals surface area (Å²) in [6.45, 7) is 5.43. The number of nitrogens with one attached hydrogen (secondary N) is 1. The highest BCUT2D eigenvalue weighted by molar-refractivity contribution is 7.11. The Morgan fingerprint density at radius 2 is 2.10 bits per heavy atom. The zero-order valence-electron chi connectivity index (χ0n) is 11.5. The Bertz CT molecular complexity index is 585. The minimum Gasteiger partial charge on any atom is -0.485 e. The second kappa shape index (κ2) is 5.76. The molecule has 0 amide bonds. The standard InChI is InChI=1S/C14H17N3O2S/c1-9(2)15-7-13-16-17-14(20-13)12-8-18-10-5-3-4-6-11(10)19-12/h3-6,9,12,15H,7-8H2,1-2H3. The summed E-state index contributed by atoms with van der Waals surface area (Å²) in [4.78, 5) is 0. The Morgan fingerprint density at radius 3 is 2.90 bits per heavy atom. The second-order valence-corrected chi connectivity index (χ2v) is 6.03. The molecular weight excluding hydrogens is 274 g/mol. The van der Waals surface area contributed by atoms with E-state index in [-0.39, 0.29) is 6.10 Å². The maximum Gasteiger partial charge on any atom is 0.186 e. The van der Waals surface area contributed by atoms with Crippen LogP contribution >= 0.6 is 11.3 Å². The summed E-state index contributed by atoms with van der Waals surface area (Å²) in [6.07, 6.45) is -0.171. The molecule has 0 bridgehead atoms. The summed E-state index contributed by atoms with van der Waals surface area (Å²) in [7, 11) is 0. The third-order valence-corrected chi connectivity index (χ3v) is 3.94. The number of hydrogen-bond acceptors (Lipinski definition) is 6. The van der Waals surface area contributed by atoms with E-state index in [4.69, 9.17) is 9.47 Å². The van der Waals surface area contributed by atoms with Crippen LogP contribution in [0.1, 0.15) is 30.0 Å². The van der Waals surface area contributed by atoms with E-state index in [1.807, 2.05) is 24.3 Å². The molecule has 0 saturated heterocycles. The molecule has 5 nitrogen and oxygen atoms in total. The maximum atomic E-state index is 5.92. The Balaban J connectivity index is 1.69. The fraction of sp³-hybridized carbons (Fsp3) is 0.429. The fourth-order valence-corrected chi connectivity index (χ4v) is 2.71. The molecule has 0 radical (unpaired) electrons. The molecule has 2 heterocycles. The Hall–Kier alpha value is -1.66. The lowest BCUT2D eigenvalue weighted by molar-refractivity contribution is 0.0906. The van der Waals surface area contributed by atoms with Crippen molar-refractivity contribution in [3.8, 4) is 11.5 Å². The second-order valence-electron chi connectivity index (χ2n) is 4.93. The number of aromatic nitrogens is 2. The zero-order valence-corrected chi connectivity index (χ0v) is 12.3. The summed E-state index contributed by atoms with van der Waals surface area (Å²) < 4.78 is 11.6. The number of hydrogen-bond donors (Lipinski definition) is 1. The van der Waals surface area contributed by atoms with E-state index in [1.54, 1.807) is 11.3 Å². The fourth-order valence-electron chi connectivity index (χ4n) is 1.90. The van der Waals surface area contributed by atoms with Crippen molar-refractivity contribution < 1.29 is 9.47 Å². The summed E-state index contributed by atoms with van der Waals surface area (Å²) in [5.41, 5.74) is 0. The van der Waals surface area contributed by atoms with Gasteiger partial charge < -0.3 is 14.8 Å². The number of benzene rings is 1. The highest BCUT2D eigenvalue weighted by atomic mass is 32.1. The topological polar surface area (TPSA) is 56.3 Å². The summed E-state index contributed by atoms with van der Waals surface area (Å²) >= 11 is 1.57. The Labute approximate surface area is 121 Å². The van der Waals surface area contributed by atoms with Gasteiger partial charge >= 0.3 is 0 Å². The smallest absolute Gasteiger partial charge is 0.186 e. The van der Waals surface area contributed by atoms with Gasteiger partial charge in [0.05, 0.1) is 0 Å². The number of rotatable bonds is 4. The molecule has 6 heteroatoms. The molecule has 0 fully saturated rings. The molecule has 1 aromatic heterocycles. The van der Waals surface area contributed by atoms with Gasteiger partial charge in [0.25, 0.3) is 0 Å². The van der Waals surface area contributed by atoms with Crippen LogP contribution in [0, 0.1) is 0 Å². The third-order valence-electron chi connectivity index (χ3n) is 2.93. The van der Waals surface area contributed by atoms with Crippen molar-refractivity contribution in [1.82, 2.24) is 15.5 Å². The van der Waals surface area contributed by atoms with Crippen LogP contribution in [0.25, 0.3) is 0 Å². The molecule has 1 aromatic carbocycles. The first-order chi connectivity index (χ1) is 9.72. The van der Waals surface area contributed by atoms with Gasteiger partial charge in [-0.2, -0.15) is 0 Å². The molecule has 20 heavy (non-hydrogen) atoms. The number of ether oxygens (including phenoxy) is 2. The molecule has 3 rings (SSSR count). The SMILES string of the molecule is CC(C)NCc1nnc(C2COc3ccccc3O2)s1. The van der Waals surface area contributed by atoms with Gasteiger partial charge in [0.1, 0.15) is 11.6 Å². The third kappa shape index (κ3) is 2.91. The van der Waals surface area contributed by atoms with Crippen LogP contribution < -0.4 is 14.8 Å². The van der Waals surface area contributed by atoms with Crippen LogP contribution in [-0.2, 0) is 6.54 Å². The Morgan fingerprint density at radius 1 is 1.30 bits per heavy atom. The van der Waals surface area contributed by atoms with Gasteiger partial charge in [0, 0.05) is 12.6 Å². The van der Waals surface area contributed by atoms with E-state index in [2.05, 4.69) is 29.4 Å². The van der Waals surface area contributed by atoms with Crippen molar-refractivity contribution in [3.63, 3.8) is 0 Å². The van der Waals surface area contributed by atoms with Crippen LogP contribution in [0.4, 0.5) is 0 Å². The summed E-state index contributed by atoms with van der Waals surface area (Å²) in [5.74, 6) is 1.55. The van der Waals surface area contributed by atoms with Crippen molar-refractivity contribution in [2.45, 2.75) is 32.5 Å². The molecule has 0 aliphatic carbocycles. The predicted molar refractivity (Wildman–Crippen MR) is 77.2 cm³/mol. The van der Waals surface area contributed by atoms with Crippen molar-refractivity contribution in [2.24, 2.45) is 0 Å². The zero-order chi connectivity index (χ0) is 13.9. The van der Waals surface area contributed by atoms with Crippen LogP contribution in [0.5, 0.6) is 11.5 Å². The van der Waals surface area contributed by atoms with E-state index in [1.165, 1.54) is 0 Å². The van der Waals surface area contributed by atoms with Crippen LogP contribution in [0.15, 0.2) is 24.3 Å². The molecule has 106 valence electrons. The number of para-hydroxylation sites is 2. The monoisotopic (exact) mass is 291 g/mol. The van der Waals surface area contributed by atoms with Gasteiger partial charge in [-0.25, -0.2) is 0 Å². The van der Waals surface area contributed by atoms with Crippen molar-refractivity contribution in [2.75, 3.05) is 6.61 Å². The molecule has 2 aromatic rings. The lowest BCUT2D eigenvalue weighted by atomic mass is 10.3. The highest BCUT2D eigenvalue weighted by Gasteiger charge is 2.25. The van der Waals surface area contributed by atoms with Gasteiger partial charge in [-0.05, 0) is 12.1 Å². The summed E-state index contributed by atoms with van der Waals surface area (Å²) in [6, 6.07) is 8.11. The molecular formula is C14H17N3O2S. The largest absolute Gasteiger partial charge is 0.485 e. The van der Waals surface area contributed by atoms with Gasteiger partial charge in [0.2, 0.25) is 0 Å². The molecule has 0 spiro atoms. The van der Waals surface area contributed by atoms with E-state index in [9.17, 15) is 0 Å². The quantitative estimate of drug-likeness (QED) is 0.938. The highest BCUT2D eigenvalue weighted by Crippen LogP contribution is 2.36. The lowest BCUT2D eigenvalue weighted by Crippen LogP contribution is -2.21. The first-order valence-corrected chi connectivity index (χ1v) is 7.48. The average molecular weight is 291 g/mol. The van der Waals surface area contributed by atoms with E-state index in [0.29, 0.717) is 12.6 Å². The molecule has 0 saturated carbocycles. The lowest BCUT2D eigenvalue weighted by Gasteiger charge is -2.24. The van der Waals surface area contributed by atoms with Gasteiger partial charge in [-0.15, -0.1) is 10.2 Å². The van der Waals surface area contributed by atoms with Gasteiger partial charge in [0.15, 0.2) is 22.6 Å². The minimum absolute atomic E-state index is 0.171. The average Bonchev–Trinajstić information content (AvgIpc) is 2.93. The molecule has 1 N–H and O–H groups in total. The maximum absolute atomic E-state index is 5.92. The summed E-state index contributed by atoms with van der Waals surface area (Å²) in [5, 5.41) is 13.6.